The number of rotatable bonds is 6. The Morgan fingerprint density at radius 3 is 2.88 bits per heavy atom. The van der Waals surface area contributed by atoms with Gasteiger partial charge in [0.1, 0.15) is 0 Å². The van der Waals surface area contributed by atoms with E-state index in [0.717, 1.165) is 55.9 Å². The molecule has 1 fully saturated rings. The highest BCUT2D eigenvalue weighted by Gasteiger charge is 2.21. The number of aryl methyl sites for hydroxylation is 1. The number of hydrogen-bond donors (Lipinski definition) is 2. The Morgan fingerprint density at radius 1 is 1.40 bits per heavy atom. The average Bonchev–Trinajstić information content (AvgIpc) is 3.02. The lowest BCUT2D eigenvalue weighted by molar-refractivity contribution is 0.0952. The highest BCUT2D eigenvalue weighted by atomic mass is 16.5. The van der Waals surface area contributed by atoms with Crippen LogP contribution in [0, 0.1) is 6.92 Å². The molecular formula is C18H27N5O2. The highest BCUT2D eigenvalue weighted by Crippen LogP contribution is 2.27. The molecule has 3 rings (SSSR count). The molecule has 3 heterocycles. The SMILES string of the molecule is Cc1cc(C(=O)NCCCN2CCNCC2)c2c(C(C)C)noc2n1. The summed E-state index contributed by atoms with van der Waals surface area (Å²) in [6, 6.07) is 1.82. The largest absolute Gasteiger partial charge is 0.352 e. The summed E-state index contributed by atoms with van der Waals surface area (Å²) in [7, 11) is 0. The minimum absolute atomic E-state index is 0.0825. The Labute approximate surface area is 148 Å². The number of fused-ring (bicyclic) bond motifs is 1. The molecule has 1 aliphatic rings. The van der Waals surface area contributed by atoms with Gasteiger partial charge in [0.15, 0.2) is 0 Å². The van der Waals surface area contributed by atoms with Crippen molar-refractivity contribution in [3.8, 4) is 0 Å². The fourth-order valence-corrected chi connectivity index (χ4v) is 3.20. The highest BCUT2D eigenvalue weighted by molar-refractivity contribution is 6.06. The standard InChI is InChI=1S/C18H27N5O2/c1-12(2)16-15-14(11-13(3)21-18(15)25-22-16)17(24)20-5-4-8-23-9-6-19-7-10-23/h11-12,19H,4-10H2,1-3H3,(H,20,24). The second-order valence-corrected chi connectivity index (χ2v) is 6.91. The summed E-state index contributed by atoms with van der Waals surface area (Å²) in [6.45, 7) is 11.9. The van der Waals surface area contributed by atoms with Crippen LogP contribution in [0.15, 0.2) is 10.6 Å². The molecule has 25 heavy (non-hydrogen) atoms. The summed E-state index contributed by atoms with van der Waals surface area (Å²) >= 11 is 0. The maximum Gasteiger partial charge on any atom is 0.259 e. The van der Waals surface area contributed by atoms with Gasteiger partial charge in [-0.25, -0.2) is 4.98 Å². The van der Waals surface area contributed by atoms with E-state index in [1.165, 1.54) is 0 Å². The van der Waals surface area contributed by atoms with Crippen molar-refractivity contribution in [2.24, 2.45) is 0 Å². The van der Waals surface area contributed by atoms with Crippen molar-refractivity contribution in [3.05, 3.63) is 23.0 Å². The number of aromatic nitrogens is 2. The molecule has 0 unspecified atom stereocenters. The molecule has 7 nitrogen and oxygen atoms in total. The van der Waals surface area contributed by atoms with Crippen molar-refractivity contribution in [2.45, 2.75) is 33.1 Å². The molecule has 2 aromatic heterocycles. The van der Waals surface area contributed by atoms with Crippen LogP contribution >= 0.6 is 0 Å². The summed E-state index contributed by atoms with van der Waals surface area (Å²) in [5.74, 6) is 0.0888. The monoisotopic (exact) mass is 345 g/mol. The molecule has 0 aliphatic carbocycles. The third kappa shape index (κ3) is 4.16. The molecule has 2 N–H and O–H groups in total. The lowest BCUT2D eigenvalue weighted by Gasteiger charge is -2.27. The third-order valence-electron chi connectivity index (χ3n) is 4.54. The molecule has 1 saturated heterocycles. The summed E-state index contributed by atoms with van der Waals surface area (Å²) in [5, 5.41) is 11.2. The molecule has 1 amide bonds. The Balaban J connectivity index is 1.66. The van der Waals surface area contributed by atoms with Crippen LogP contribution in [-0.2, 0) is 0 Å². The Morgan fingerprint density at radius 2 is 2.16 bits per heavy atom. The van der Waals surface area contributed by atoms with Crippen LogP contribution < -0.4 is 10.6 Å². The van der Waals surface area contributed by atoms with Crippen LogP contribution in [0.4, 0.5) is 0 Å². The van der Waals surface area contributed by atoms with Crippen LogP contribution in [0.3, 0.4) is 0 Å². The minimum atomic E-state index is -0.0825. The molecule has 0 spiro atoms. The maximum absolute atomic E-state index is 12.7. The van der Waals surface area contributed by atoms with Crippen LogP contribution in [0.5, 0.6) is 0 Å². The number of nitrogens with zero attached hydrogens (tertiary/aromatic N) is 3. The van der Waals surface area contributed by atoms with E-state index >= 15 is 0 Å². The predicted molar refractivity (Wildman–Crippen MR) is 96.9 cm³/mol. The number of piperazine rings is 1. The second kappa shape index (κ2) is 7.93. The van der Waals surface area contributed by atoms with Gasteiger partial charge in [0.05, 0.1) is 16.6 Å². The van der Waals surface area contributed by atoms with E-state index < -0.39 is 0 Å². The van der Waals surface area contributed by atoms with Gasteiger partial charge in [-0.3, -0.25) is 4.79 Å². The molecule has 0 saturated carbocycles. The number of carbonyl (C=O) groups excluding carboxylic acids is 1. The summed E-state index contributed by atoms with van der Waals surface area (Å²) < 4.78 is 5.33. The first kappa shape index (κ1) is 17.8. The average molecular weight is 345 g/mol. The molecular weight excluding hydrogens is 318 g/mol. The maximum atomic E-state index is 12.7. The number of nitrogens with one attached hydrogen (secondary N) is 2. The fourth-order valence-electron chi connectivity index (χ4n) is 3.20. The van der Waals surface area contributed by atoms with Gasteiger partial charge in [-0.05, 0) is 31.9 Å². The summed E-state index contributed by atoms with van der Waals surface area (Å²) in [4.78, 5) is 19.5. The van der Waals surface area contributed by atoms with Crippen molar-refractivity contribution in [3.63, 3.8) is 0 Å². The normalized spacial score (nSPS) is 15.8. The number of carbonyl (C=O) groups is 1. The smallest absolute Gasteiger partial charge is 0.259 e. The van der Waals surface area contributed by atoms with Crippen LogP contribution in [0.1, 0.15) is 47.9 Å². The van der Waals surface area contributed by atoms with E-state index in [9.17, 15) is 4.79 Å². The molecule has 136 valence electrons. The van der Waals surface area contributed by atoms with Crippen molar-refractivity contribution in [1.82, 2.24) is 25.7 Å². The number of pyridine rings is 1. The van der Waals surface area contributed by atoms with Crippen LogP contribution in [0.2, 0.25) is 0 Å². The lowest BCUT2D eigenvalue weighted by Crippen LogP contribution is -2.44. The van der Waals surface area contributed by atoms with Gasteiger partial charge in [-0.1, -0.05) is 19.0 Å². The second-order valence-electron chi connectivity index (χ2n) is 6.91. The molecule has 0 bridgehead atoms. The molecule has 0 radical (unpaired) electrons. The van der Waals surface area contributed by atoms with Crippen molar-refractivity contribution < 1.29 is 9.32 Å². The Kier molecular flexibility index (Phi) is 5.65. The van der Waals surface area contributed by atoms with Gasteiger partial charge in [-0.2, -0.15) is 0 Å². The third-order valence-corrected chi connectivity index (χ3v) is 4.54. The van der Waals surface area contributed by atoms with Gasteiger partial charge in [-0.15, -0.1) is 0 Å². The molecule has 0 atom stereocenters. The minimum Gasteiger partial charge on any atom is -0.352 e. The molecule has 2 aromatic rings. The van der Waals surface area contributed by atoms with Crippen LogP contribution in [0.25, 0.3) is 11.1 Å². The fraction of sp³-hybridized carbons (Fsp3) is 0.611. The zero-order valence-electron chi connectivity index (χ0n) is 15.3. The summed E-state index contributed by atoms with van der Waals surface area (Å²) in [5.41, 5.74) is 2.59. The molecule has 0 aromatic carbocycles. The van der Waals surface area contributed by atoms with Gasteiger partial charge in [0.2, 0.25) is 0 Å². The van der Waals surface area contributed by atoms with Gasteiger partial charge >= 0.3 is 0 Å². The van der Waals surface area contributed by atoms with E-state index in [1.54, 1.807) is 0 Å². The zero-order chi connectivity index (χ0) is 17.8. The first-order chi connectivity index (χ1) is 12.1. The van der Waals surface area contributed by atoms with Crippen LogP contribution in [-0.4, -0.2) is 60.2 Å². The van der Waals surface area contributed by atoms with E-state index in [1.807, 2.05) is 26.8 Å². The van der Waals surface area contributed by atoms with Gasteiger partial charge < -0.3 is 20.1 Å². The Hall–Kier alpha value is -1.99. The number of amides is 1. The molecule has 1 aliphatic heterocycles. The van der Waals surface area contributed by atoms with Crippen molar-refractivity contribution >= 4 is 17.0 Å². The van der Waals surface area contributed by atoms with E-state index in [4.69, 9.17) is 4.52 Å². The molecule has 7 heteroatoms. The quantitative estimate of drug-likeness (QED) is 0.775. The topological polar surface area (TPSA) is 83.3 Å². The van der Waals surface area contributed by atoms with Crippen molar-refractivity contribution in [1.29, 1.82) is 0 Å². The lowest BCUT2D eigenvalue weighted by atomic mass is 10.0. The Bertz CT molecular complexity index is 734. The number of hydrogen-bond acceptors (Lipinski definition) is 6. The first-order valence-corrected chi connectivity index (χ1v) is 9.04. The van der Waals surface area contributed by atoms with E-state index in [0.29, 0.717) is 17.8 Å². The van der Waals surface area contributed by atoms with Gasteiger partial charge in [0, 0.05) is 38.4 Å². The van der Waals surface area contributed by atoms with Gasteiger partial charge in [0.25, 0.3) is 11.6 Å². The predicted octanol–water partition coefficient (Wildman–Crippen LogP) is 1.68. The zero-order valence-corrected chi connectivity index (χ0v) is 15.3. The van der Waals surface area contributed by atoms with E-state index in [2.05, 4.69) is 25.7 Å². The first-order valence-electron chi connectivity index (χ1n) is 9.04. The summed E-state index contributed by atoms with van der Waals surface area (Å²) in [6.07, 6.45) is 0.944. The van der Waals surface area contributed by atoms with Crippen molar-refractivity contribution in [2.75, 3.05) is 39.3 Å². The van der Waals surface area contributed by atoms with E-state index in [-0.39, 0.29) is 11.8 Å².